The van der Waals surface area contributed by atoms with E-state index in [0.29, 0.717) is 23.3 Å². The fourth-order valence-electron chi connectivity index (χ4n) is 1.55. The molecule has 0 aliphatic carbocycles. The molecule has 1 rings (SSSR count). The standard InChI is InChI=1S/C13H23ClN4O/c1-4-6-10-17-12(14)11(15)13(18-10)16-7-5-8-19-9(2)3/h9H,4-8,15H2,1-3H3,(H,16,17,18). The first-order valence-electron chi connectivity index (χ1n) is 6.72. The summed E-state index contributed by atoms with van der Waals surface area (Å²) < 4.78 is 5.47. The Labute approximate surface area is 119 Å². The monoisotopic (exact) mass is 286 g/mol. The quantitative estimate of drug-likeness (QED) is 0.568. The first kappa shape index (κ1) is 16.0. The zero-order chi connectivity index (χ0) is 14.3. The van der Waals surface area contributed by atoms with Gasteiger partial charge in [0.05, 0.1) is 6.10 Å². The van der Waals surface area contributed by atoms with Crippen molar-refractivity contribution in [3.63, 3.8) is 0 Å². The van der Waals surface area contributed by atoms with Gasteiger partial charge in [0, 0.05) is 19.6 Å². The number of nitrogens with one attached hydrogen (secondary N) is 1. The molecule has 0 fully saturated rings. The molecule has 0 unspecified atom stereocenters. The summed E-state index contributed by atoms with van der Waals surface area (Å²) in [5, 5.41) is 3.50. The van der Waals surface area contributed by atoms with Crippen LogP contribution in [0.5, 0.6) is 0 Å². The molecule has 108 valence electrons. The molecule has 0 amide bonds. The minimum atomic E-state index is 0.259. The van der Waals surface area contributed by atoms with Crippen LogP contribution in [0.4, 0.5) is 11.5 Å². The number of ether oxygens (including phenoxy) is 1. The van der Waals surface area contributed by atoms with Crippen LogP contribution in [0, 0.1) is 0 Å². The van der Waals surface area contributed by atoms with Gasteiger partial charge in [0.2, 0.25) is 0 Å². The summed E-state index contributed by atoms with van der Waals surface area (Å²) in [5.41, 5.74) is 6.27. The highest BCUT2D eigenvalue weighted by Gasteiger charge is 2.09. The van der Waals surface area contributed by atoms with Crippen molar-refractivity contribution in [1.82, 2.24) is 9.97 Å². The normalized spacial score (nSPS) is 11.0. The van der Waals surface area contributed by atoms with Gasteiger partial charge in [-0.1, -0.05) is 18.5 Å². The third-order valence-corrected chi connectivity index (χ3v) is 2.77. The molecule has 19 heavy (non-hydrogen) atoms. The van der Waals surface area contributed by atoms with Gasteiger partial charge in [0.1, 0.15) is 11.5 Å². The summed E-state index contributed by atoms with van der Waals surface area (Å²) >= 11 is 6.00. The zero-order valence-electron chi connectivity index (χ0n) is 11.9. The van der Waals surface area contributed by atoms with Crippen molar-refractivity contribution in [2.24, 2.45) is 0 Å². The van der Waals surface area contributed by atoms with E-state index < -0.39 is 0 Å². The lowest BCUT2D eigenvalue weighted by Crippen LogP contribution is -2.12. The fraction of sp³-hybridized carbons (Fsp3) is 0.692. The molecule has 0 bridgehead atoms. The molecule has 0 saturated carbocycles. The van der Waals surface area contributed by atoms with E-state index in [2.05, 4.69) is 22.2 Å². The van der Waals surface area contributed by atoms with Gasteiger partial charge in [-0.2, -0.15) is 0 Å². The van der Waals surface area contributed by atoms with E-state index in [4.69, 9.17) is 22.1 Å². The summed E-state index contributed by atoms with van der Waals surface area (Å²) in [5.74, 6) is 1.34. The predicted molar refractivity (Wildman–Crippen MR) is 79.6 cm³/mol. The van der Waals surface area contributed by atoms with Crippen LogP contribution in [0.15, 0.2) is 0 Å². The van der Waals surface area contributed by atoms with Crippen LogP contribution < -0.4 is 11.1 Å². The van der Waals surface area contributed by atoms with Crippen molar-refractivity contribution in [1.29, 1.82) is 0 Å². The average Bonchev–Trinajstić information content (AvgIpc) is 2.34. The Balaban J connectivity index is 2.52. The minimum absolute atomic E-state index is 0.259. The van der Waals surface area contributed by atoms with E-state index in [1.165, 1.54) is 0 Å². The number of nitrogen functional groups attached to an aromatic ring is 1. The van der Waals surface area contributed by atoms with Gasteiger partial charge in [-0.05, 0) is 26.7 Å². The molecule has 0 aliphatic rings. The van der Waals surface area contributed by atoms with Crippen LogP contribution in [0.25, 0.3) is 0 Å². The van der Waals surface area contributed by atoms with E-state index in [-0.39, 0.29) is 6.10 Å². The molecule has 0 atom stereocenters. The van der Waals surface area contributed by atoms with Crippen LogP contribution in [-0.4, -0.2) is 29.2 Å². The molecule has 6 heteroatoms. The number of hydrogen-bond donors (Lipinski definition) is 2. The van der Waals surface area contributed by atoms with Gasteiger partial charge in [-0.15, -0.1) is 0 Å². The number of aryl methyl sites for hydroxylation is 1. The van der Waals surface area contributed by atoms with E-state index in [9.17, 15) is 0 Å². The second-order valence-electron chi connectivity index (χ2n) is 4.64. The topological polar surface area (TPSA) is 73.1 Å². The Bertz CT molecular complexity index is 398. The first-order valence-corrected chi connectivity index (χ1v) is 7.09. The zero-order valence-corrected chi connectivity index (χ0v) is 12.6. The number of aromatic nitrogens is 2. The summed E-state index contributed by atoms with van der Waals surface area (Å²) in [6.07, 6.45) is 2.92. The molecule has 0 radical (unpaired) electrons. The van der Waals surface area contributed by atoms with Crippen LogP contribution in [0.1, 0.15) is 39.4 Å². The van der Waals surface area contributed by atoms with Gasteiger partial charge in [-0.3, -0.25) is 0 Å². The lowest BCUT2D eigenvalue weighted by molar-refractivity contribution is 0.0787. The van der Waals surface area contributed by atoms with Crippen molar-refractivity contribution in [3.8, 4) is 0 Å². The van der Waals surface area contributed by atoms with Crippen LogP contribution in [0.2, 0.25) is 5.15 Å². The van der Waals surface area contributed by atoms with E-state index in [0.717, 1.165) is 31.6 Å². The molecular weight excluding hydrogens is 264 g/mol. The number of nitrogens with two attached hydrogens (primary N) is 1. The maximum absolute atomic E-state index is 6.00. The third-order valence-electron chi connectivity index (χ3n) is 2.48. The lowest BCUT2D eigenvalue weighted by atomic mass is 10.3. The summed E-state index contributed by atoms with van der Waals surface area (Å²) in [6.45, 7) is 7.57. The van der Waals surface area contributed by atoms with Crippen LogP contribution >= 0.6 is 11.6 Å². The molecular formula is C13H23ClN4O. The second kappa shape index (κ2) is 8.17. The molecule has 1 heterocycles. The number of hydrogen-bond acceptors (Lipinski definition) is 5. The van der Waals surface area contributed by atoms with Crippen molar-refractivity contribution in [2.45, 2.75) is 46.1 Å². The van der Waals surface area contributed by atoms with Crippen LogP contribution in [0.3, 0.4) is 0 Å². The third kappa shape index (κ3) is 5.61. The smallest absolute Gasteiger partial charge is 0.157 e. The predicted octanol–water partition coefficient (Wildman–Crippen LogP) is 2.89. The summed E-state index contributed by atoms with van der Waals surface area (Å²) in [4.78, 5) is 8.54. The highest BCUT2D eigenvalue weighted by molar-refractivity contribution is 6.32. The van der Waals surface area contributed by atoms with Crippen molar-refractivity contribution >= 4 is 23.1 Å². The number of rotatable bonds is 8. The number of anilines is 2. The SMILES string of the molecule is CCCc1nc(Cl)c(N)c(NCCCOC(C)C)n1. The Morgan fingerprint density at radius 1 is 1.37 bits per heavy atom. The Morgan fingerprint density at radius 2 is 2.11 bits per heavy atom. The molecule has 0 saturated heterocycles. The Morgan fingerprint density at radius 3 is 2.74 bits per heavy atom. The van der Waals surface area contributed by atoms with E-state index in [1.54, 1.807) is 0 Å². The van der Waals surface area contributed by atoms with Crippen molar-refractivity contribution < 1.29 is 4.74 Å². The molecule has 0 aromatic carbocycles. The van der Waals surface area contributed by atoms with Crippen molar-refractivity contribution in [3.05, 3.63) is 11.0 Å². The van der Waals surface area contributed by atoms with E-state index >= 15 is 0 Å². The molecule has 5 nitrogen and oxygen atoms in total. The van der Waals surface area contributed by atoms with E-state index in [1.807, 2.05) is 13.8 Å². The largest absolute Gasteiger partial charge is 0.393 e. The Kier molecular flexibility index (Phi) is 6.87. The first-order chi connectivity index (χ1) is 9.04. The minimum Gasteiger partial charge on any atom is -0.393 e. The van der Waals surface area contributed by atoms with Gasteiger partial charge >= 0.3 is 0 Å². The molecule has 1 aromatic heterocycles. The van der Waals surface area contributed by atoms with Gasteiger partial charge in [0.15, 0.2) is 11.0 Å². The molecule has 1 aromatic rings. The summed E-state index contributed by atoms with van der Waals surface area (Å²) in [6, 6.07) is 0. The maximum atomic E-state index is 6.00. The van der Waals surface area contributed by atoms with Gasteiger partial charge in [-0.25, -0.2) is 9.97 Å². The maximum Gasteiger partial charge on any atom is 0.157 e. The summed E-state index contributed by atoms with van der Waals surface area (Å²) in [7, 11) is 0. The number of halogens is 1. The number of nitrogens with zero attached hydrogens (tertiary/aromatic N) is 2. The second-order valence-corrected chi connectivity index (χ2v) is 5.00. The fourth-order valence-corrected chi connectivity index (χ4v) is 1.74. The molecule has 3 N–H and O–H groups in total. The van der Waals surface area contributed by atoms with Crippen molar-refractivity contribution in [2.75, 3.05) is 24.2 Å². The lowest BCUT2D eigenvalue weighted by Gasteiger charge is -2.11. The average molecular weight is 287 g/mol. The van der Waals surface area contributed by atoms with Gasteiger partial charge < -0.3 is 15.8 Å². The highest BCUT2D eigenvalue weighted by Crippen LogP contribution is 2.23. The molecule has 0 spiro atoms. The highest BCUT2D eigenvalue weighted by atomic mass is 35.5. The van der Waals surface area contributed by atoms with Crippen LogP contribution in [-0.2, 0) is 11.2 Å². The molecule has 0 aliphatic heterocycles. The van der Waals surface area contributed by atoms with Gasteiger partial charge in [0.25, 0.3) is 0 Å². The Hall–Kier alpha value is -1.07.